The molecule has 0 spiro atoms. The predicted molar refractivity (Wildman–Crippen MR) is 54.4 cm³/mol. The van der Waals surface area contributed by atoms with Crippen molar-refractivity contribution in [1.82, 2.24) is 0 Å². The van der Waals surface area contributed by atoms with Crippen LogP contribution in [0.25, 0.3) is 0 Å². The summed E-state index contributed by atoms with van der Waals surface area (Å²) in [5, 5.41) is 0. The zero-order valence-electron chi connectivity index (χ0n) is 6.27. The van der Waals surface area contributed by atoms with E-state index in [9.17, 15) is 13.2 Å². The van der Waals surface area contributed by atoms with Crippen LogP contribution < -0.4 is 0 Å². The topological polar surface area (TPSA) is 71.4 Å². The van der Waals surface area contributed by atoms with Crippen LogP contribution in [0, 0.1) is 3.57 Å². The maximum absolute atomic E-state index is 10.8. The molecule has 0 radical (unpaired) electrons. The maximum Gasteiger partial charge on any atom is 0.295 e. The summed E-state index contributed by atoms with van der Waals surface area (Å²) in [7, 11) is -4.23. The van der Waals surface area contributed by atoms with Crippen molar-refractivity contribution >= 4 is 39.0 Å². The molecular weight excluding hydrogens is 307 g/mol. The number of hydrogen-bond donors (Lipinski definition) is 1. The van der Waals surface area contributed by atoms with Gasteiger partial charge >= 0.3 is 0 Å². The summed E-state index contributed by atoms with van der Waals surface area (Å²) in [4.78, 5) is 10.1. The summed E-state index contributed by atoms with van der Waals surface area (Å²) < 4.78 is 30.6. The minimum absolute atomic E-state index is 0.216. The third-order valence-electron chi connectivity index (χ3n) is 1.37. The van der Waals surface area contributed by atoms with Crippen molar-refractivity contribution < 1.29 is 17.8 Å². The third-order valence-corrected chi connectivity index (χ3v) is 3.57. The molecule has 0 atom stereocenters. The van der Waals surface area contributed by atoms with Crippen LogP contribution in [0.15, 0.2) is 23.1 Å². The Kier molecular flexibility index (Phi) is 3.04. The first-order chi connectivity index (χ1) is 5.95. The molecular formula is C7H5IO4S. The number of carbonyl (C=O) groups is 1. The van der Waals surface area contributed by atoms with Gasteiger partial charge in [0.25, 0.3) is 10.1 Å². The first-order valence-corrected chi connectivity index (χ1v) is 5.69. The van der Waals surface area contributed by atoms with Gasteiger partial charge in [-0.15, -0.1) is 0 Å². The molecule has 0 saturated carbocycles. The van der Waals surface area contributed by atoms with Crippen LogP contribution >= 0.6 is 22.6 Å². The summed E-state index contributed by atoms with van der Waals surface area (Å²) >= 11 is 1.76. The average Bonchev–Trinajstić information content (AvgIpc) is 2.03. The van der Waals surface area contributed by atoms with Crippen LogP contribution in [0.4, 0.5) is 0 Å². The van der Waals surface area contributed by atoms with Crippen molar-refractivity contribution in [2.45, 2.75) is 4.90 Å². The highest BCUT2D eigenvalue weighted by atomic mass is 127. The molecule has 0 amide bonds. The Balaban J connectivity index is 3.44. The maximum atomic E-state index is 10.8. The second-order valence-electron chi connectivity index (χ2n) is 2.28. The van der Waals surface area contributed by atoms with E-state index in [4.69, 9.17) is 4.55 Å². The second kappa shape index (κ2) is 3.72. The van der Waals surface area contributed by atoms with Gasteiger partial charge in [-0.2, -0.15) is 8.42 Å². The van der Waals surface area contributed by atoms with Gasteiger partial charge in [0, 0.05) is 9.13 Å². The molecule has 1 rings (SSSR count). The number of aldehydes is 1. The molecule has 70 valence electrons. The van der Waals surface area contributed by atoms with E-state index in [0.717, 1.165) is 6.07 Å². The van der Waals surface area contributed by atoms with Gasteiger partial charge in [0.05, 0.1) is 0 Å². The van der Waals surface area contributed by atoms with Gasteiger partial charge in [-0.25, -0.2) is 0 Å². The first-order valence-electron chi connectivity index (χ1n) is 3.17. The number of hydrogen-bond acceptors (Lipinski definition) is 3. The van der Waals surface area contributed by atoms with Crippen molar-refractivity contribution in [2.75, 3.05) is 0 Å². The molecule has 13 heavy (non-hydrogen) atoms. The summed E-state index contributed by atoms with van der Waals surface area (Å²) in [6.45, 7) is 0. The number of benzene rings is 1. The van der Waals surface area contributed by atoms with E-state index in [-0.39, 0.29) is 10.5 Å². The number of halogens is 1. The lowest BCUT2D eigenvalue weighted by molar-refractivity contribution is 0.112. The lowest BCUT2D eigenvalue weighted by Gasteiger charge is -2.00. The van der Waals surface area contributed by atoms with E-state index < -0.39 is 10.1 Å². The van der Waals surface area contributed by atoms with Crippen molar-refractivity contribution in [3.63, 3.8) is 0 Å². The third kappa shape index (κ3) is 2.48. The average molecular weight is 312 g/mol. The van der Waals surface area contributed by atoms with E-state index >= 15 is 0 Å². The molecule has 0 aliphatic rings. The fourth-order valence-electron chi connectivity index (χ4n) is 0.791. The monoisotopic (exact) mass is 312 g/mol. The molecule has 6 heteroatoms. The lowest BCUT2D eigenvalue weighted by atomic mass is 10.2. The second-order valence-corrected chi connectivity index (χ2v) is 4.83. The quantitative estimate of drug-likeness (QED) is 0.508. The molecule has 0 unspecified atom stereocenters. The Morgan fingerprint density at radius 3 is 2.46 bits per heavy atom. The molecule has 0 aromatic heterocycles. The van der Waals surface area contributed by atoms with Gasteiger partial charge in [-0.05, 0) is 34.7 Å². The van der Waals surface area contributed by atoms with Gasteiger partial charge in [0.15, 0.2) is 0 Å². The molecule has 0 heterocycles. The van der Waals surface area contributed by atoms with E-state index in [2.05, 4.69) is 0 Å². The first kappa shape index (κ1) is 10.6. The zero-order valence-corrected chi connectivity index (χ0v) is 9.24. The molecule has 0 saturated heterocycles. The van der Waals surface area contributed by atoms with Crippen molar-refractivity contribution in [3.05, 3.63) is 27.3 Å². The summed E-state index contributed by atoms with van der Waals surface area (Å²) in [6, 6.07) is 4.06. The molecule has 0 aliphatic carbocycles. The lowest BCUT2D eigenvalue weighted by Crippen LogP contribution is -2.01. The van der Waals surface area contributed by atoms with Gasteiger partial charge in [-0.3, -0.25) is 9.35 Å². The van der Waals surface area contributed by atoms with E-state index in [1.54, 1.807) is 22.6 Å². The normalized spacial score (nSPS) is 11.2. The van der Waals surface area contributed by atoms with Gasteiger partial charge in [0.2, 0.25) is 0 Å². The minimum atomic E-state index is -4.23. The van der Waals surface area contributed by atoms with Gasteiger partial charge < -0.3 is 0 Å². The number of carbonyl (C=O) groups excluding carboxylic acids is 1. The fraction of sp³-hybridized carbons (Fsp3) is 0. The van der Waals surface area contributed by atoms with Crippen LogP contribution in [0.3, 0.4) is 0 Å². The number of rotatable bonds is 2. The zero-order chi connectivity index (χ0) is 10.1. The van der Waals surface area contributed by atoms with Crippen LogP contribution in [-0.2, 0) is 10.1 Å². The van der Waals surface area contributed by atoms with Crippen LogP contribution in [0.1, 0.15) is 10.4 Å². The highest BCUT2D eigenvalue weighted by Gasteiger charge is 2.14. The molecule has 0 bridgehead atoms. The summed E-state index contributed by atoms with van der Waals surface area (Å²) in [5.41, 5.74) is 0.216. The summed E-state index contributed by atoms with van der Waals surface area (Å²) in [6.07, 6.45) is 0.519. The molecule has 0 aliphatic heterocycles. The predicted octanol–water partition coefficient (Wildman–Crippen LogP) is 1.35. The Labute approximate surface area is 88.8 Å². The van der Waals surface area contributed by atoms with E-state index in [1.165, 1.54) is 12.1 Å². The smallest absolute Gasteiger partial charge is 0.295 e. The SMILES string of the molecule is O=Cc1ccc(I)c(S(=O)(=O)O)c1. The Bertz CT molecular complexity index is 438. The van der Waals surface area contributed by atoms with Crippen molar-refractivity contribution in [2.24, 2.45) is 0 Å². The molecule has 4 nitrogen and oxygen atoms in total. The van der Waals surface area contributed by atoms with E-state index in [1.807, 2.05) is 0 Å². The van der Waals surface area contributed by atoms with Crippen molar-refractivity contribution in [1.29, 1.82) is 0 Å². The fourth-order valence-corrected chi connectivity index (χ4v) is 2.56. The largest absolute Gasteiger partial charge is 0.298 e. The Morgan fingerprint density at radius 2 is 2.00 bits per heavy atom. The minimum Gasteiger partial charge on any atom is -0.298 e. The van der Waals surface area contributed by atoms with Gasteiger partial charge in [0.1, 0.15) is 11.2 Å². The van der Waals surface area contributed by atoms with Crippen LogP contribution in [0.5, 0.6) is 0 Å². The highest BCUT2D eigenvalue weighted by molar-refractivity contribution is 14.1. The molecule has 1 aromatic rings. The molecule has 1 aromatic carbocycles. The highest BCUT2D eigenvalue weighted by Crippen LogP contribution is 2.18. The van der Waals surface area contributed by atoms with Crippen LogP contribution in [-0.4, -0.2) is 19.3 Å². The Hall–Kier alpha value is -0.470. The standard InChI is InChI=1S/C7H5IO4S/c8-6-2-1-5(4-9)3-7(6)13(10,11)12/h1-4H,(H,10,11,12). The molecule has 0 fully saturated rings. The Morgan fingerprint density at radius 1 is 1.38 bits per heavy atom. The van der Waals surface area contributed by atoms with Gasteiger partial charge in [-0.1, -0.05) is 6.07 Å². The van der Waals surface area contributed by atoms with E-state index in [0.29, 0.717) is 9.86 Å². The van der Waals surface area contributed by atoms with Crippen molar-refractivity contribution in [3.8, 4) is 0 Å². The van der Waals surface area contributed by atoms with Crippen LogP contribution in [0.2, 0.25) is 0 Å². The molecule has 1 N–H and O–H groups in total. The summed E-state index contributed by atoms with van der Waals surface area (Å²) in [5.74, 6) is 0.